The second-order valence-corrected chi connectivity index (χ2v) is 4.75. The molecule has 1 saturated carbocycles. The van der Waals surface area contributed by atoms with Gasteiger partial charge in [-0.3, -0.25) is 4.79 Å². The van der Waals surface area contributed by atoms with Crippen molar-refractivity contribution in [2.45, 2.75) is 38.6 Å². The number of hydrogen-bond acceptors (Lipinski definition) is 2. The van der Waals surface area contributed by atoms with Crippen molar-refractivity contribution in [1.29, 1.82) is 0 Å². The Morgan fingerprint density at radius 2 is 2.07 bits per heavy atom. The monoisotopic (exact) mass is 196 g/mol. The minimum atomic E-state index is 0.313. The summed E-state index contributed by atoms with van der Waals surface area (Å²) in [6.45, 7) is 3.89. The standard InChI is InChI=1S/C11H20N2O/c1-2-11(14)13-6-8-3-4-10(12)5-9(8)7-13/h8-10H,2-7,12H2,1H3/t8-,9+,10?/m1/s1. The number of fused-ring (bicyclic) bond motifs is 1. The third-order valence-electron chi connectivity index (χ3n) is 3.75. The van der Waals surface area contributed by atoms with Gasteiger partial charge >= 0.3 is 0 Å². The molecule has 0 radical (unpaired) electrons. The van der Waals surface area contributed by atoms with E-state index in [4.69, 9.17) is 5.73 Å². The van der Waals surface area contributed by atoms with E-state index in [0.717, 1.165) is 31.8 Å². The normalized spacial score (nSPS) is 37.0. The molecule has 1 aliphatic carbocycles. The molecule has 0 aromatic carbocycles. The molecule has 2 fully saturated rings. The molecule has 0 aromatic heterocycles. The zero-order valence-electron chi connectivity index (χ0n) is 8.91. The van der Waals surface area contributed by atoms with Crippen LogP contribution < -0.4 is 5.73 Å². The van der Waals surface area contributed by atoms with Crippen LogP contribution in [0.25, 0.3) is 0 Å². The molecule has 2 N–H and O–H groups in total. The average molecular weight is 196 g/mol. The zero-order chi connectivity index (χ0) is 10.1. The molecule has 0 spiro atoms. The van der Waals surface area contributed by atoms with E-state index in [-0.39, 0.29) is 0 Å². The van der Waals surface area contributed by atoms with E-state index >= 15 is 0 Å². The SMILES string of the molecule is CCC(=O)N1C[C@H]2CCC(N)C[C@H]2C1. The Morgan fingerprint density at radius 3 is 2.79 bits per heavy atom. The van der Waals surface area contributed by atoms with Gasteiger partial charge in [0.25, 0.3) is 0 Å². The van der Waals surface area contributed by atoms with Crippen molar-refractivity contribution in [3.05, 3.63) is 0 Å². The number of rotatable bonds is 1. The molecule has 1 aliphatic heterocycles. The molecule has 80 valence electrons. The first kappa shape index (κ1) is 9.97. The Morgan fingerprint density at radius 1 is 1.36 bits per heavy atom. The van der Waals surface area contributed by atoms with Gasteiger partial charge in [-0.15, -0.1) is 0 Å². The van der Waals surface area contributed by atoms with E-state index in [9.17, 15) is 4.79 Å². The van der Waals surface area contributed by atoms with Gasteiger partial charge in [-0.05, 0) is 31.1 Å². The van der Waals surface area contributed by atoms with Crippen molar-refractivity contribution in [1.82, 2.24) is 4.90 Å². The van der Waals surface area contributed by atoms with Gasteiger partial charge in [0.2, 0.25) is 5.91 Å². The second-order valence-electron chi connectivity index (χ2n) is 4.75. The molecule has 2 rings (SSSR count). The summed E-state index contributed by atoms with van der Waals surface area (Å²) in [5.74, 6) is 1.74. The molecule has 3 atom stereocenters. The fourth-order valence-corrected chi connectivity index (χ4v) is 2.89. The molecule has 2 aliphatic rings. The fraction of sp³-hybridized carbons (Fsp3) is 0.909. The zero-order valence-corrected chi connectivity index (χ0v) is 8.91. The van der Waals surface area contributed by atoms with Crippen LogP contribution in [0.2, 0.25) is 0 Å². The van der Waals surface area contributed by atoms with Crippen molar-refractivity contribution in [2.24, 2.45) is 17.6 Å². The molecule has 1 amide bonds. The summed E-state index contributed by atoms with van der Waals surface area (Å²) >= 11 is 0. The van der Waals surface area contributed by atoms with Crippen molar-refractivity contribution < 1.29 is 4.79 Å². The van der Waals surface area contributed by atoms with Gasteiger partial charge in [-0.25, -0.2) is 0 Å². The second kappa shape index (κ2) is 3.89. The van der Waals surface area contributed by atoms with E-state index in [2.05, 4.69) is 0 Å². The molecular weight excluding hydrogens is 176 g/mol. The summed E-state index contributed by atoms with van der Waals surface area (Å²) < 4.78 is 0. The molecule has 1 unspecified atom stereocenters. The largest absolute Gasteiger partial charge is 0.342 e. The quantitative estimate of drug-likeness (QED) is 0.679. The lowest BCUT2D eigenvalue weighted by Crippen LogP contribution is -2.32. The summed E-state index contributed by atoms with van der Waals surface area (Å²) in [7, 11) is 0. The Hall–Kier alpha value is -0.570. The summed E-state index contributed by atoms with van der Waals surface area (Å²) in [6, 6.07) is 0.382. The van der Waals surface area contributed by atoms with E-state index in [1.807, 2.05) is 11.8 Å². The number of amides is 1. The van der Waals surface area contributed by atoms with Crippen molar-refractivity contribution in [3.63, 3.8) is 0 Å². The first-order valence-corrected chi connectivity index (χ1v) is 5.74. The first-order chi connectivity index (χ1) is 6.70. The van der Waals surface area contributed by atoms with Crippen LogP contribution >= 0.6 is 0 Å². The van der Waals surface area contributed by atoms with Crippen LogP contribution in [0.4, 0.5) is 0 Å². The van der Waals surface area contributed by atoms with Crippen LogP contribution in [-0.2, 0) is 4.79 Å². The summed E-state index contributed by atoms with van der Waals surface area (Å²) in [5.41, 5.74) is 5.94. The van der Waals surface area contributed by atoms with E-state index < -0.39 is 0 Å². The lowest BCUT2D eigenvalue weighted by molar-refractivity contribution is -0.130. The number of nitrogens with two attached hydrogens (primary N) is 1. The highest BCUT2D eigenvalue weighted by Gasteiger charge is 2.37. The Labute approximate surface area is 85.6 Å². The van der Waals surface area contributed by atoms with Gasteiger partial charge in [0, 0.05) is 25.6 Å². The minimum absolute atomic E-state index is 0.313. The van der Waals surface area contributed by atoms with E-state index in [1.165, 1.54) is 6.42 Å². The number of carbonyl (C=O) groups excluding carboxylic acids is 1. The third-order valence-corrected chi connectivity index (χ3v) is 3.75. The topological polar surface area (TPSA) is 46.3 Å². The third kappa shape index (κ3) is 1.78. The van der Waals surface area contributed by atoms with E-state index in [1.54, 1.807) is 0 Å². The molecule has 1 saturated heterocycles. The first-order valence-electron chi connectivity index (χ1n) is 5.74. The fourth-order valence-electron chi connectivity index (χ4n) is 2.89. The number of likely N-dealkylation sites (tertiary alicyclic amines) is 1. The Balaban J connectivity index is 1.95. The predicted octanol–water partition coefficient (Wildman–Crippen LogP) is 0.982. The van der Waals surface area contributed by atoms with Crippen LogP contribution in [0, 0.1) is 11.8 Å². The van der Waals surface area contributed by atoms with Gasteiger partial charge in [0.15, 0.2) is 0 Å². The van der Waals surface area contributed by atoms with Gasteiger partial charge in [0.1, 0.15) is 0 Å². The number of nitrogens with zero attached hydrogens (tertiary/aromatic N) is 1. The highest BCUT2D eigenvalue weighted by Crippen LogP contribution is 2.35. The molecule has 14 heavy (non-hydrogen) atoms. The van der Waals surface area contributed by atoms with Crippen molar-refractivity contribution >= 4 is 5.91 Å². The van der Waals surface area contributed by atoms with Crippen LogP contribution in [0.5, 0.6) is 0 Å². The Bertz CT molecular complexity index is 229. The van der Waals surface area contributed by atoms with Crippen LogP contribution in [0.1, 0.15) is 32.6 Å². The smallest absolute Gasteiger partial charge is 0.222 e. The van der Waals surface area contributed by atoms with Gasteiger partial charge in [-0.2, -0.15) is 0 Å². The molecule has 3 heteroatoms. The maximum Gasteiger partial charge on any atom is 0.222 e. The number of hydrogen-bond donors (Lipinski definition) is 1. The summed E-state index contributed by atoms with van der Waals surface area (Å²) in [6.07, 6.45) is 4.14. The number of carbonyl (C=O) groups is 1. The minimum Gasteiger partial charge on any atom is -0.342 e. The molecule has 3 nitrogen and oxygen atoms in total. The molecule has 1 heterocycles. The van der Waals surface area contributed by atoms with Crippen LogP contribution in [-0.4, -0.2) is 29.9 Å². The molecule has 0 bridgehead atoms. The lowest BCUT2D eigenvalue weighted by Gasteiger charge is -2.27. The maximum absolute atomic E-state index is 11.5. The van der Waals surface area contributed by atoms with Gasteiger partial charge in [0.05, 0.1) is 0 Å². The summed E-state index contributed by atoms with van der Waals surface area (Å²) in [4.78, 5) is 13.6. The van der Waals surface area contributed by atoms with Crippen molar-refractivity contribution in [2.75, 3.05) is 13.1 Å². The Kier molecular flexibility index (Phi) is 2.77. The van der Waals surface area contributed by atoms with E-state index in [0.29, 0.717) is 24.3 Å². The van der Waals surface area contributed by atoms with Gasteiger partial charge in [-0.1, -0.05) is 6.92 Å². The predicted molar refractivity (Wildman–Crippen MR) is 55.7 cm³/mol. The van der Waals surface area contributed by atoms with Gasteiger partial charge < -0.3 is 10.6 Å². The maximum atomic E-state index is 11.5. The average Bonchev–Trinajstić information content (AvgIpc) is 2.59. The van der Waals surface area contributed by atoms with Crippen molar-refractivity contribution in [3.8, 4) is 0 Å². The van der Waals surface area contributed by atoms with Crippen LogP contribution in [0.15, 0.2) is 0 Å². The molecular formula is C11H20N2O. The van der Waals surface area contributed by atoms with Crippen LogP contribution in [0.3, 0.4) is 0 Å². The summed E-state index contributed by atoms with van der Waals surface area (Å²) in [5, 5.41) is 0. The highest BCUT2D eigenvalue weighted by atomic mass is 16.2. The lowest BCUT2D eigenvalue weighted by atomic mass is 9.79. The highest BCUT2D eigenvalue weighted by molar-refractivity contribution is 5.76. The molecule has 0 aromatic rings.